The Morgan fingerprint density at radius 2 is 1.71 bits per heavy atom. The summed E-state index contributed by atoms with van der Waals surface area (Å²) < 4.78 is 31.8. The molecule has 0 radical (unpaired) electrons. The molecule has 0 bridgehead atoms. The molecule has 1 saturated heterocycles. The Balaban J connectivity index is 2.00. The largest absolute Gasteiger partial charge is 0.424 e. The number of anilines is 1. The van der Waals surface area contributed by atoms with Gasteiger partial charge in [-0.1, -0.05) is 31.9 Å². The fourth-order valence-electron chi connectivity index (χ4n) is 3.06. The standard InChI is InChI=1S/C18H24N2O3S/c1-3-15-8-10-16(11-9-15)24(21,22)17-18(23-14(2)19-17)20-12-6-4-5-7-13-20/h8-11H,3-7,12-13H2,1-2H3. The van der Waals surface area contributed by atoms with Crippen LogP contribution in [0, 0.1) is 6.92 Å². The molecule has 24 heavy (non-hydrogen) atoms. The Bertz CT molecular complexity index is 786. The molecule has 0 unspecified atom stereocenters. The highest BCUT2D eigenvalue weighted by molar-refractivity contribution is 7.91. The van der Waals surface area contributed by atoms with Gasteiger partial charge in [-0.2, -0.15) is 4.98 Å². The summed E-state index contributed by atoms with van der Waals surface area (Å²) in [6.45, 7) is 5.36. The number of hydrogen-bond donors (Lipinski definition) is 0. The molecule has 0 saturated carbocycles. The van der Waals surface area contributed by atoms with Gasteiger partial charge in [0.05, 0.1) is 4.90 Å². The molecule has 3 rings (SSSR count). The van der Waals surface area contributed by atoms with Crippen molar-refractivity contribution in [3.05, 3.63) is 35.7 Å². The van der Waals surface area contributed by atoms with Gasteiger partial charge < -0.3 is 9.32 Å². The summed E-state index contributed by atoms with van der Waals surface area (Å²) in [6.07, 6.45) is 5.31. The Morgan fingerprint density at radius 1 is 1.08 bits per heavy atom. The van der Waals surface area contributed by atoms with Crippen LogP contribution < -0.4 is 4.90 Å². The van der Waals surface area contributed by atoms with Crippen LogP contribution in [0.15, 0.2) is 38.6 Å². The summed E-state index contributed by atoms with van der Waals surface area (Å²) in [4.78, 5) is 6.51. The Labute approximate surface area is 143 Å². The second kappa shape index (κ2) is 6.97. The highest BCUT2D eigenvalue weighted by Gasteiger charge is 2.30. The SMILES string of the molecule is CCc1ccc(S(=O)(=O)c2nc(C)oc2N2CCCCCC2)cc1. The molecule has 1 aliphatic heterocycles. The number of rotatable bonds is 4. The van der Waals surface area contributed by atoms with Crippen molar-refractivity contribution in [3.63, 3.8) is 0 Å². The molecule has 0 aliphatic carbocycles. The van der Waals surface area contributed by atoms with Crippen LogP contribution in [0.3, 0.4) is 0 Å². The smallest absolute Gasteiger partial charge is 0.236 e. The predicted octanol–water partition coefficient (Wildman–Crippen LogP) is 3.76. The van der Waals surface area contributed by atoms with E-state index in [0.29, 0.717) is 11.8 Å². The van der Waals surface area contributed by atoms with Crippen molar-refractivity contribution in [2.45, 2.75) is 55.9 Å². The number of nitrogens with zero attached hydrogens (tertiary/aromatic N) is 2. The van der Waals surface area contributed by atoms with Gasteiger partial charge in [0.15, 0.2) is 5.89 Å². The number of benzene rings is 1. The van der Waals surface area contributed by atoms with Crippen LogP contribution in [0.5, 0.6) is 0 Å². The number of oxazole rings is 1. The van der Waals surface area contributed by atoms with Gasteiger partial charge in [0, 0.05) is 20.0 Å². The van der Waals surface area contributed by atoms with Crippen LogP contribution in [0.4, 0.5) is 5.88 Å². The van der Waals surface area contributed by atoms with Gasteiger partial charge in [0.1, 0.15) is 0 Å². The lowest BCUT2D eigenvalue weighted by atomic mass is 10.2. The maximum atomic E-state index is 13.0. The Morgan fingerprint density at radius 3 is 2.29 bits per heavy atom. The third kappa shape index (κ3) is 3.34. The molecular formula is C18H24N2O3S. The number of hydrogen-bond acceptors (Lipinski definition) is 5. The fourth-order valence-corrected chi connectivity index (χ4v) is 4.43. The van der Waals surface area contributed by atoms with E-state index >= 15 is 0 Å². The molecule has 0 spiro atoms. The molecular weight excluding hydrogens is 324 g/mol. The van der Waals surface area contributed by atoms with Crippen molar-refractivity contribution in [2.24, 2.45) is 0 Å². The van der Waals surface area contributed by atoms with Gasteiger partial charge in [-0.3, -0.25) is 0 Å². The highest BCUT2D eigenvalue weighted by Crippen LogP contribution is 2.32. The van der Waals surface area contributed by atoms with Crippen LogP contribution in [0.2, 0.25) is 0 Å². The van der Waals surface area contributed by atoms with E-state index in [1.807, 2.05) is 24.0 Å². The zero-order valence-electron chi connectivity index (χ0n) is 14.3. The van der Waals surface area contributed by atoms with Crippen molar-refractivity contribution in [1.29, 1.82) is 0 Å². The topological polar surface area (TPSA) is 63.4 Å². The molecule has 5 nitrogen and oxygen atoms in total. The Hall–Kier alpha value is -1.82. The van der Waals surface area contributed by atoms with Crippen LogP contribution in [0.1, 0.15) is 44.1 Å². The van der Waals surface area contributed by atoms with E-state index in [0.717, 1.165) is 37.9 Å². The highest BCUT2D eigenvalue weighted by atomic mass is 32.2. The van der Waals surface area contributed by atoms with Gasteiger partial charge in [0.2, 0.25) is 20.7 Å². The molecule has 1 aliphatic rings. The zero-order chi connectivity index (χ0) is 17.2. The summed E-state index contributed by atoms with van der Waals surface area (Å²) in [7, 11) is -3.68. The van der Waals surface area contributed by atoms with Crippen LogP contribution in [-0.2, 0) is 16.3 Å². The molecule has 1 fully saturated rings. The van der Waals surface area contributed by atoms with Gasteiger partial charge in [-0.05, 0) is 37.0 Å². The molecule has 0 N–H and O–H groups in total. The van der Waals surface area contributed by atoms with Crippen molar-refractivity contribution in [2.75, 3.05) is 18.0 Å². The maximum absolute atomic E-state index is 13.0. The lowest BCUT2D eigenvalue weighted by Gasteiger charge is -2.20. The number of aryl methyl sites for hydroxylation is 2. The summed E-state index contributed by atoms with van der Waals surface area (Å²) in [5, 5.41) is 0.0474. The molecule has 2 heterocycles. The quantitative estimate of drug-likeness (QED) is 0.842. The minimum atomic E-state index is -3.68. The van der Waals surface area contributed by atoms with E-state index < -0.39 is 9.84 Å². The summed E-state index contributed by atoms with van der Waals surface area (Å²) in [6, 6.07) is 7.02. The lowest BCUT2D eigenvalue weighted by molar-refractivity contribution is 0.504. The van der Waals surface area contributed by atoms with Gasteiger partial charge >= 0.3 is 0 Å². The average molecular weight is 348 g/mol. The molecule has 6 heteroatoms. The molecule has 1 aromatic heterocycles. The molecule has 2 aromatic rings. The van der Waals surface area contributed by atoms with Gasteiger partial charge in [-0.25, -0.2) is 8.42 Å². The molecule has 0 atom stereocenters. The Kier molecular flexibility index (Phi) is 4.94. The zero-order valence-corrected chi connectivity index (χ0v) is 15.1. The van der Waals surface area contributed by atoms with Crippen molar-refractivity contribution >= 4 is 15.7 Å². The minimum Gasteiger partial charge on any atom is -0.424 e. The van der Waals surface area contributed by atoms with Crippen molar-refractivity contribution < 1.29 is 12.8 Å². The first kappa shape index (κ1) is 17.0. The van der Waals surface area contributed by atoms with E-state index in [4.69, 9.17) is 4.42 Å². The first-order valence-corrected chi connectivity index (χ1v) is 10.1. The monoisotopic (exact) mass is 348 g/mol. The third-order valence-corrected chi connectivity index (χ3v) is 6.14. The van der Waals surface area contributed by atoms with Crippen molar-refractivity contribution in [3.8, 4) is 0 Å². The van der Waals surface area contributed by atoms with Crippen LogP contribution in [0.25, 0.3) is 0 Å². The number of sulfone groups is 1. The number of aromatic nitrogens is 1. The molecule has 0 amide bonds. The molecule has 130 valence electrons. The summed E-state index contributed by atoms with van der Waals surface area (Å²) in [5.41, 5.74) is 1.11. The first-order chi connectivity index (χ1) is 11.5. The van der Waals surface area contributed by atoms with E-state index in [2.05, 4.69) is 4.98 Å². The second-order valence-corrected chi connectivity index (χ2v) is 8.11. The van der Waals surface area contributed by atoms with Crippen LogP contribution >= 0.6 is 0 Å². The van der Waals surface area contributed by atoms with E-state index in [9.17, 15) is 8.42 Å². The minimum absolute atomic E-state index is 0.0474. The normalized spacial score (nSPS) is 16.2. The van der Waals surface area contributed by atoms with E-state index in [1.165, 1.54) is 12.8 Å². The maximum Gasteiger partial charge on any atom is 0.236 e. The van der Waals surface area contributed by atoms with E-state index in [-0.39, 0.29) is 9.92 Å². The lowest BCUT2D eigenvalue weighted by Crippen LogP contribution is -2.25. The summed E-state index contributed by atoms with van der Waals surface area (Å²) >= 11 is 0. The van der Waals surface area contributed by atoms with Crippen molar-refractivity contribution in [1.82, 2.24) is 4.98 Å². The molecule has 1 aromatic carbocycles. The first-order valence-electron chi connectivity index (χ1n) is 8.59. The van der Waals surface area contributed by atoms with Gasteiger partial charge in [-0.15, -0.1) is 0 Å². The third-order valence-electron chi connectivity index (χ3n) is 4.48. The van der Waals surface area contributed by atoms with Gasteiger partial charge in [0.25, 0.3) is 0 Å². The van der Waals surface area contributed by atoms with Crippen LogP contribution in [-0.4, -0.2) is 26.5 Å². The average Bonchev–Trinajstić information content (AvgIpc) is 2.81. The summed E-state index contributed by atoms with van der Waals surface area (Å²) in [5.74, 6) is 0.784. The second-order valence-electron chi connectivity index (χ2n) is 6.25. The van der Waals surface area contributed by atoms with E-state index in [1.54, 1.807) is 19.1 Å². The fraction of sp³-hybridized carbons (Fsp3) is 0.500. The predicted molar refractivity (Wildman–Crippen MR) is 93.2 cm³/mol.